The molecule has 5 nitrogen and oxygen atoms in total. The van der Waals surface area contributed by atoms with E-state index in [9.17, 15) is 18.0 Å². The molecule has 1 heterocycles. The van der Waals surface area contributed by atoms with Crippen LogP contribution in [0.2, 0.25) is 0 Å². The van der Waals surface area contributed by atoms with Crippen molar-refractivity contribution in [2.45, 2.75) is 51.6 Å². The number of hydrogen-bond donors (Lipinski definition) is 2. The van der Waals surface area contributed by atoms with Crippen molar-refractivity contribution in [2.75, 3.05) is 13.2 Å². The highest BCUT2D eigenvalue weighted by Gasteiger charge is 2.34. The van der Waals surface area contributed by atoms with Gasteiger partial charge in [-0.25, -0.2) is 0 Å². The van der Waals surface area contributed by atoms with Gasteiger partial charge in [-0.1, -0.05) is 6.07 Å². The monoisotopic (exact) mass is 374 g/mol. The SMILES string of the molecule is CC(C)Oc1ccc(CNC(=O)C(N)C2CCOCC2)c(C(F)(F)F)c1. The summed E-state index contributed by atoms with van der Waals surface area (Å²) >= 11 is 0. The molecule has 26 heavy (non-hydrogen) atoms. The Labute approximate surface area is 151 Å². The van der Waals surface area contributed by atoms with Crippen LogP contribution in [-0.4, -0.2) is 31.3 Å². The topological polar surface area (TPSA) is 73.6 Å². The third-order valence-corrected chi connectivity index (χ3v) is 4.29. The molecular formula is C18H25F3N2O3. The number of benzene rings is 1. The second-order valence-electron chi connectivity index (χ2n) is 6.68. The van der Waals surface area contributed by atoms with E-state index < -0.39 is 23.7 Å². The quantitative estimate of drug-likeness (QED) is 0.803. The number of halogens is 3. The molecule has 0 spiro atoms. The molecule has 146 valence electrons. The Balaban J connectivity index is 2.06. The van der Waals surface area contributed by atoms with E-state index in [2.05, 4.69) is 5.32 Å². The minimum absolute atomic E-state index is 0.0207. The van der Waals surface area contributed by atoms with Crippen LogP contribution < -0.4 is 15.8 Å². The smallest absolute Gasteiger partial charge is 0.416 e. The van der Waals surface area contributed by atoms with E-state index in [1.807, 2.05) is 0 Å². The van der Waals surface area contributed by atoms with Crippen LogP contribution in [0.4, 0.5) is 13.2 Å². The molecule has 0 bridgehead atoms. The summed E-state index contributed by atoms with van der Waals surface area (Å²) in [7, 11) is 0. The molecule has 0 radical (unpaired) electrons. The van der Waals surface area contributed by atoms with Crippen LogP contribution in [0.1, 0.15) is 37.8 Å². The first-order valence-electron chi connectivity index (χ1n) is 8.66. The van der Waals surface area contributed by atoms with E-state index in [0.717, 1.165) is 6.07 Å². The average molecular weight is 374 g/mol. The maximum atomic E-state index is 13.3. The predicted molar refractivity (Wildman–Crippen MR) is 90.6 cm³/mol. The number of hydrogen-bond acceptors (Lipinski definition) is 4. The molecule has 3 N–H and O–H groups in total. The second kappa shape index (κ2) is 8.73. The van der Waals surface area contributed by atoms with Gasteiger partial charge in [0, 0.05) is 19.8 Å². The summed E-state index contributed by atoms with van der Waals surface area (Å²) in [5.41, 5.74) is 5.10. The van der Waals surface area contributed by atoms with E-state index in [-0.39, 0.29) is 29.9 Å². The van der Waals surface area contributed by atoms with Crippen LogP contribution in [0, 0.1) is 5.92 Å². The van der Waals surface area contributed by atoms with Crippen molar-refractivity contribution in [1.29, 1.82) is 0 Å². The third-order valence-electron chi connectivity index (χ3n) is 4.29. The summed E-state index contributed by atoms with van der Waals surface area (Å²) in [4.78, 5) is 12.2. The first-order chi connectivity index (χ1) is 12.2. The van der Waals surface area contributed by atoms with Gasteiger partial charge in [-0.05, 0) is 50.3 Å². The van der Waals surface area contributed by atoms with Gasteiger partial charge in [-0.3, -0.25) is 4.79 Å². The van der Waals surface area contributed by atoms with E-state index in [0.29, 0.717) is 26.1 Å². The van der Waals surface area contributed by atoms with Gasteiger partial charge < -0.3 is 20.5 Å². The van der Waals surface area contributed by atoms with Gasteiger partial charge in [0.1, 0.15) is 5.75 Å². The Hall–Kier alpha value is -1.80. The van der Waals surface area contributed by atoms with Crippen molar-refractivity contribution in [3.05, 3.63) is 29.3 Å². The fourth-order valence-electron chi connectivity index (χ4n) is 2.91. The Bertz CT molecular complexity index is 614. The number of amides is 1. The molecule has 1 amide bonds. The lowest BCUT2D eigenvalue weighted by molar-refractivity contribution is -0.138. The molecule has 1 aromatic carbocycles. The summed E-state index contributed by atoms with van der Waals surface area (Å²) in [5.74, 6) is -0.332. The first kappa shape index (κ1) is 20.5. The fraction of sp³-hybridized carbons (Fsp3) is 0.611. The lowest BCUT2D eigenvalue weighted by Crippen LogP contribution is -2.46. The molecule has 1 atom stereocenters. The van der Waals surface area contributed by atoms with Gasteiger partial charge in [0.05, 0.1) is 17.7 Å². The molecule has 1 saturated heterocycles. The van der Waals surface area contributed by atoms with Crippen LogP contribution in [0.5, 0.6) is 5.75 Å². The lowest BCUT2D eigenvalue weighted by atomic mass is 9.92. The number of carbonyl (C=O) groups excluding carboxylic acids is 1. The molecule has 0 aromatic heterocycles. The molecule has 0 aliphatic carbocycles. The number of rotatable bonds is 6. The molecule has 1 aliphatic heterocycles. The maximum absolute atomic E-state index is 13.3. The summed E-state index contributed by atoms with van der Waals surface area (Å²) in [6.45, 7) is 4.31. The van der Waals surface area contributed by atoms with E-state index in [4.69, 9.17) is 15.2 Å². The van der Waals surface area contributed by atoms with Crippen molar-refractivity contribution < 1.29 is 27.4 Å². The summed E-state index contributed by atoms with van der Waals surface area (Å²) < 4.78 is 50.6. The predicted octanol–water partition coefficient (Wildman–Crippen LogP) is 2.86. The zero-order valence-corrected chi connectivity index (χ0v) is 14.9. The van der Waals surface area contributed by atoms with Gasteiger partial charge >= 0.3 is 6.18 Å². The van der Waals surface area contributed by atoms with Gasteiger partial charge in [-0.2, -0.15) is 13.2 Å². The Morgan fingerprint density at radius 2 is 2.00 bits per heavy atom. The molecule has 1 aliphatic rings. The third kappa shape index (κ3) is 5.60. The number of alkyl halides is 3. The fourth-order valence-corrected chi connectivity index (χ4v) is 2.91. The molecule has 1 aromatic rings. The van der Waals surface area contributed by atoms with Gasteiger partial charge in [-0.15, -0.1) is 0 Å². The summed E-state index contributed by atoms with van der Waals surface area (Å²) in [6.07, 6.45) is -3.44. The summed E-state index contributed by atoms with van der Waals surface area (Å²) in [6, 6.07) is 2.99. The molecule has 8 heteroatoms. The number of ether oxygens (including phenoxy) is 2. The maximum Gasteiger partial charge on any atom is 0.416 e. The molecule has 2 rings (SSSR count). The first-order valence-corrected chi connectivity index (χ1v) is 8.66. The van der Waals surface area contributed by atoms with Crippen LogP contribution >= 0.6 is 0 Å². The minimum atomic E-state index is -4.54. The van der Waals surface area contributed by atoms with Crippen molar-refractivity contribution in [3.8, 4) is 5.75 Å². The average Bonchev–Trinajstić information content (AvgIpc) is 2.59. The van der Waals surface area contributed by atoms with Crippen LogP contribution in [0.15, 0.2) is 18.2 Å². The summed E-state index contributed by atoms with van der Waals surface area (Å²) in [5, 5.41) is 2.52. The standard InChI is InChI=1S/C18H25F3N2O3/c1-11(2)26-14-4-3-13(15(9-14)18(19,20)21)10-23-17(24)16(22)12-5-7-25-8-6-12/h3-4,9,11-12,16H,5-8,10,22H2,1-2H3,(H,23,24). The van der Waals surface area contributed by atoms with E-state index in [1.165, 1.54) is 12.1 Å². The van der Waals surface area contributed by atoms with Gasteiger partial charge in [0.15, 0.2) is 0 Å². The Kier molecular flexibility index (Phi) is 6.88. The minimum Gasteiger partial charge on any atom is -0.491 e. The van der Waals surface area contributed by atoms with Crippen LogP contribution in [-0.2, 0) is 22.3 Å². The van der Waals surface area contributed by atoms with Crippen molar-refractivity contribution in [2.24, 2.45) is 11.7 Å². The second-order valence-corrected chi connectivity index (χ2v) is 6.68. The molecular weight excluding hydrogens is 349 g/mol. The van der Waals surface area contributed by atoms with Gasteiger partial charge in [0.25, 0.3) is 0 Å². The number of nitrogens with one attached hydrogen (secondary N) is 1. The lowest BCUT2D eigenvalue weighted by Gasteiger charge is -2.27. The van der Waals surface area contributed by atoms with E-state index >= 15 is 0 Å². The normalized spacial score (nSPS) is 17.2. The van der Waals surface area contributed by atoms with Crippen LogP contribution in [0.3, 0.4) is 0 Å². The number of nitrogens with two attached hydrogens (primary N) is 1. The Morgan fingerprint density at radius 1 is 1.35 bits per heavy atom. The highest BCUT2D eigenvalue weighted by Crippen LogP contribution is 2.34. The number of carbonyl (C=O) groups is 1. The van der Waals surface area contributed by atoms with Gasteiger partial charge in [0.2, 0.25) is 5.91 Å². The molecule has 1 fully saturated rings. The van der Waals surface area contributed by atoms with Crippen LogP contribution in [0.25, 0.3) is 0 Å². The zero-order chi connectivity index (χ0) is 19.3. The molecule has 0 saturated carbocycles. The highest BCUT2D eigenvalue weighted by molar-refractivity contribution is 5.81. The van der Waals surface area contributed by atoms with Crippen molar-refractivity contribution in [3.63, 3.8) is 0 Å². The zero-order valence-electron chi connectivity index (χ0n) is 14.9. The highest BCUT2D eigenvalue weighted by atomic mass is 19.4. The van der Waals surface area contributed by atoms with Crippen molar-refractivity contribution in [1.82, 2.24) is 5.32 Å². The largest absolute Gasteiger partial charge is 0.491 e. The van der Waals surface area contributed by atoms with E-state index in [1.54, 1.807) is 13.8 Å². The Morgan fingerprint density at radius 3 is 2.58 bits per heavy atom. The molecule has 1 unspecified atom stereocenters. The van der Waals surface area contributed by atoms with Crippen molar-refractivity contribution >= 4 is 5.91 Å².